The van der Waals surface area contributed by atoms with Gasteiger partial charge in [0.1, 0.15) is 11.8 Å². The van der Waals surface area contributed by atoms with Gasteiger partial charge in [0, 0.05) is 48.4 Å². The number of methoxy groups -OCH3 is 1. The van der Waals surface area contributed by atoms with Crippen LogP contribution in [0.4, 0.5) is 5.69 Å². The van der Waals surface area contributed by atoms with E-state index in [-0.39, 0.29) is 12.1 Å². The number of benzene rings is 1. The molecule has 152 valence electrons. The molecule has 4 heterocycles. The average Bonchev–Trinajstić information content (AvgIpc) is 3.50. The van der Waals surface area contributed by atoms with E-state index in [4.69, 9.17) is 9.73 Å². The number of amidine groups is 1. The van der Waals surface area contributed by atoms with Crippen molar-refractivity contribution in [3.8, 4) is 5.75 Å². The Balaban J connectivity index is 1.57. The number of anilines is 1. The molecule has 0 radical (unpaired) electrons. The van der Waals surface area contributed by atoms with Gasteiger partial charge in [-0.05, 0) is 37.5 Å². The second-order valence-corrected chi connectivity index (χ2v) is 8.94. The largest absolute Gasteiger partial charge is 0.496 e. The summed E-state index contributed by atoms with van der Waals surface area (Å²) < 4.78 is 5.93. The van der Waals surface area contributed by atoms with Crippen molar-refractivity contribution in [1.29, 1.82) is 0 Å². The van der Waals surface area contributed by atoms with Gasteiger partial charge in [-0.15, -0.1) is 0 Å². The van der Waals surface area contributed by atoms with Crippen LogP contribution in [0, 0.1) is 0 Å². The predicted octanol–water partition coefficient (Wildman–Crippen LogP) is 4.67. The van der Waals surface area contributed by atoms with Crippen LogP contribution in [0.3, 0.4) is 0 Å². The monoisotopic (exact) mass is 408 g/mol. The first-order chi connectivity index (χ1) is 14.3. The SMILES string of the molecule is CC[C@@H]1CSC2=N[C@@H](c3ccccn3)[C@H](c3ccc(N4CCCC4)cc3OC)N21. The molecular weight excluding hydrogens is 380 g/mol. The Kier molecular flexibility index (Phi) is 5.12. The van der Waals surface area contributed by atoms with Gasteiger partial charge in [0.15, 0.2) is 5.17 Å². The van der Waals surface area contributed by atoms with Crippen LogP contribution < -0.4 is 9.64 Å². The van der Waals surface area contributed by atoms with Crippen molar-refractivity contribution in [2.45, 2.75) is 44.3 Å². The standard InChI is InChI=1S/C23H28N4OS/c1-3-16-15-29-23-25-21(19-8-4-5-11-24-19)22(27(16)23)18-10-9-17(14-20(18)28-2)26-12-6-7-13-26/h4-5,8-11,14,16,21-22H,3,6-7,12-13,15H2,1-2H3/t16-,21+,22+/m1/s1. The fourth-order valence-corrected chi connectivity index (χ4v) is 6.14. The normalized spacial score (nSPS) is 26.0. The van der Waals surface area contributed by atoms with E-state index in [0.717, 1.165) is 41.9 Å². The summed E-state index contributed by atoms with van der Waals surface area (Å²) in [5, 5.41) is 1.16. The van der Waals surface area contributed by atoms with Crippen molar-refractivity contribution in [3.05, 3.63) is 53.9 Å². The Hall–Kier alpha value is -2.21. The molecule has 0 unspecified atom stereocenters. The topological polar surface area (TPSA) is 41.0 Å². The summed E-state index contributed by atoms with van der Waals surface area (Å²) in [6, 6.07) is 13.5. The summed E-state index contributed by atoms with van der Waals surface area (Å²) in [7, 11) is 1.79. The van der Waals surface area contributed by atoms with Crippen LogP contribution in [0.25, 0.3) is 0 Å². The molecule has 2 fully saturated rings. The van der Waals surface area contributed by atoms with E-state index < -0.39 is 0 Å². The zero-order valence-corrected chi connectivity index (χ0v) is 17.9. The van der Waals surface area contributed by atoms with Gasteiger partial charge >= 0.3 is 0 Å². The second-order valence-electron chi connectivity index (χ2n) is 7.96. The van der Waals surface area contributed by atoms with E-state index in [9.17, 15) is 0 Å². The molecule has 0 aliphatic carbocycles. The molecule has 3 aliphatic heterocycles. The van der Waals surface area contributed by atoms with Crippen molar-refractivity contribution in [2.24, 2.45) is 4.99 Å². The summed E-state index contributed by atoms with van der Waals surface area (Å²) in [6.45, 7) is 4.54. The van der Waals surface area contributed by atoms with E-state index in [2.05, 4.69) is 52.0 Å². The van der Waals surface area contributed by atoms with Crippen molar-refractivity contribution in [3.63, 3.8) is 0 Å². The first-order valence-electron chi connectivity index (χ1n) is 10.6. The van der Waals surface area contributed by atoms with Crippen LogP contribution in [-0.4, -0.2) is 47.0 Å². The highest BCUT2D eigenvalue weighted by Gasteiger charge is 2.46. The number of thioether (sulfide) groups is 1. The number of hydrogen-bond donors (Lipinski definition) is 0. The molecule has 5 rings (SSSR count). The van der Waals surface area contributed by atoms with Gasteiger partial charge in [-0.3, -0.25) is 9.98 Å². The number of pyridine rings is 1. The maximum atomic E-state index is 5.93. The van der Waals surface area contributed by atoms with Gasteiger partial charge < -0.3 is 14.5 Å². The number of nitrogens with zero attached hydrogens (tertiary/aromatic N) is 4. The molecule has 0 bridgehead atoms. The maximum Gasteiger partial charge on any atom is 0.160 e. The minimum atomic E-state index is -0.000383. The molecule has 0 amide bonds. The minimum Gasteiger partial charge on any atom is -0.496 e. The van der Waals surface area contributed by atoms with E-state index in [0.29, 0.717) is 6.04 Å². The molecule has 6 heteroatoms. The molecular formula is C23H28N4OS. The van der Waals surface area contributed by atoms with Crippen LogP contribution in [0.2, 0.25) is 0 Å². The highest BCUT2D eigenvalue weighted by atomic mass is 32.2. The molecule has 0 N–H and O–H groups in total. The van der Waals surface area contributed by atoms with Crippen molar-refractivity contribution < 1.29 is 4.74 Å². The molecule has 2 aromatic rings. The van der Waals surface area contributed by atoms with Gasteiger partial charge in [0.2, 0.25) is 0 Å². The molecule has 3 aliphatic rings. The molecule has 5 nitrogen and oxygen atoms in total. The summed E-state index contributed by atoms with van der Waals surface area (Å²) in [5.74, 6) is 2.07. The van der Waals surface area contributed by atoms with E-state index >= 15 is 0 Å². The van der Waals surface area contributed by atoms with Gasteiger partial charge in [-0.2, -0.15) is 0 Å². The number of hydrogen-bond acceptors (Lipinski definition) is 6. The molecule has 3 atom stereocenters. The molecule has 2 saturated heterocycles. The molecule has 0 saturated carbocycles. The Morgan fingerprint density at radius 2 is 2.03 bits per heavy atom. The molecule has 1 aromatic carbocycles. The molecule has 29 heavy (non-hydrogen) atoms. The Morgan fingerprint density at radius 3 is 2.76 bits per heavy atom. The lowest BCUT2D eigenvalue weighted by Crippen LogP contribution is -2.35. The zero-order chi connectivity index (χ0) is 19.8. The van der Waals surface area contributed by atoms with E-state index in [1.54, 1.807) is 7.11 Å². The summed E-state index contributed by atoms with van der Waals surface area (Å²) in [4.78, 5) is 14.8. The Morgan fingerprint density at radius 1 is 1.17 bits per heavy atom. The summed E-state index contributed by atoms with van der Waals surface area (Å²) >= 11 is 1.88. The van der Waals surface area contributed by atoms with Crippen LogP contribution in [0.5, 0.6) is 5.75 Å². The fraction of sp³-hybridized carbons (Fsp3) is 0.478. The highest BCUT2D eigenvalue weighted by Crippen LogP contribution is 2.50. The van der Waals surface area contributed by atoms with Crippen molar-refractivity contribution in [2.75, 3.05) is 30.9 Å². The summed E-state index contributed by atoms with van der Waals surface area (Å²) in [6.07, 6.45) is 5.53. The lowest BCUT2D eigenvalue weighted by Gasteiger charge is -2.33. The third-order valence-electron chi connectivity index (χ3n) is 6.34. The molecule has 0 spiro atoms. The lowest BCUT2D eigenvalue weighted by atomic mass is 9.94. The van der Waals surface area contributed by atoms with Gasteiger partial charge in [0.05, 0.1) is 18.8 Å². The average molecular weight is 409 g/mol. The van der Waals surface area contributed by atoms with Gasteiger partial charge in [-0.25, -0.2) is 0 Å². The first kappa shape index (κ1) is 18.8. The van der Waals surface area contributed by atoms with Crippen LogP contribution in [0.1, 0.15) is 49.5 Å². The number of aromatic nitrogens is 1. The van der Waals surface area contributed by atoms with Crippen molar-refractivity contribution >= 4 is 22.6 Å². The lowest BCUT2D eigenvalue weighted by molar-refractivity contribution is 0.249. The number of aliphatic imine (C=N–C) groups is 1. The second kappa shape index (κ2) is 7.90. The Labute approximate surface area is 177 Å². The third kappa shape index (κ3) is 3.27. The van der Waals surface area contributed by atoms with Gasteiger partial charge in [0.25, 0.3) is 0 Å². The zero-order valence-electron chi connectivity index (χ0n) is 17.1. The van der Waals surface area contributed by atoms with E-state index in [1.807, 2.05) is 24.0 Å². The van der Waals surface area contributed by atoms with Crippen LogP contribution in [-0.2, 0) is 0 Å². The number of rotatable bonds is 5. The van der Waals surface area contributed by atoms with Crippen LogP contribution >= 0.6 is 11.8 Å². The maximum absolute atomic E-state index is 5.93. The number of fused-ring (bicyclic) bond motifs is 1. The van der Waals surface area contributed by atoms with Crippen LogP contribution in [0.15, 0.2) is 47.6 Å². The summed E-state index contributed by atoms with van der Waals surface area (Å²) in [5.41, 5.74) is 3.51. The van der Waals surface area contributed by atoms with E-state index in [1.165, 1.54) is 24.1 Å². The quantitative estimate of drug-likeness (QED) is 0.719. The minimum absolute atomic E-state index is 0.000383. The Bertz CT molecular complexity index is 897. The highest BCUT2D eigenvalue weighted by molar-refractivity contribution is 8.14. The first-order valence-corrected chi connectivity index (χ1v) is 11.6. The number of ether oxygens (including phenoxy) is 1. The third-order valence-corrected chi connectivity index (χ3v) is 7.46. The van der Waals surface area contributed by atoms with Gasteiger partial charge in [-0.1, -0.05) is 30.8 Å². The fourth-order valence-electron chi connectivity index (χ4n) is 4.80. The smallest absolute Gasteiger partial charge is 0.160 e. The predicted molar refractivity (Wildman–Crippen MR) is 120 cm³/mol. The molecule has 1 aromatic heterocycles. The van der Waals surface area contributed by atoms with Crippen molar-refractivity contribution in [1.82, 2.24) is 9.88 Å².